The third kappa shape index (κ3) is 2.78. The highest BCUT2D eigenvalue weighted by molar-refractivity contribution is 6.16. The molecule has 0 saturated heterocycles. The molecule has 4 rings (SSSR count). The number of esters is 1. The SMILES string of the molecule is O=C(COC(=O)c1c2ccccc2cc2ccccc12)c1ccc[nH]1. The van der Waals surface area contributed by atoms with Crippen LogP contribution in [0.15, 0.2) is 72.9 Å². The molecule has 1 heterocycles. The maximum atomic E-state index is 12.8. The lowest BCUT2D eigenvalue weighted by atomic mass is 9.97. The molecule has 0 amide bonds. The number of rotatable bonds is 4. The highest BCUT2D eigenvalue weighted by Gasteiger charge is 2.18. The summed E-state index contributed by atoms with van der Waals surface area (Å²) in [5.41, 5.74) is 0.920. The fourth-order valence-electron chi connectivity index (χ4n) is 3.02. The van der Waals surface area contributed by atoms with E-state index in [-0.39, 0.29) is 12.4 Å². The number of fused-ring (bicyclic) bond motifs is 2. The van der Waals surface area contributed by atoms with Crippen molar-refractivity contribution in [2.24, 2.45) is 0 Å². The summed E-state index contributed by atoms with van der Waals surface area (Å²) in [6.45, 7) is -0.295. The lowest BCUT2D eigenvalue weighted by Crippen LogP contribution is -2.15. The topological polar surface area (TPSA) is 59.2 Å². The second kappa shape index (κ2) is 6.24. The van der Waals surface area contributed by atoms with Crippen LogP contribution in [0.2, 0.25) is 0 Å². The van der Waals surface area contributed by atoms with Crippen LogP contribution in [0.3, 0.4) is 0 Å². The predicted octanol–water partition coefficient (Wildman–Crippen LogP) is 4.36. The average Bonchev–Trinajstić information content (AvgIpc) is 3.18. The van der Waals surface area contributed by atoms with E-state index in [1.165, 1.54) is 0 Å². The number of Topliss-reactive ketones (excluding diaryl/α,β-unsaturated/α-hetero) is 1. The molecule has 3 aromatic carbocycles. The molecule has 122 valence electrons. The summed E-state index contributed by atoms with van der Waals surface area (Å²) in [4.78, 5) is 27.6. The van der Waals surface area contributed by atoms with Crippen molar-refractivity contribution in [1.29, 1.82) is 0 Å². The average molecular weight is 329 g/mol. The van der Waals surface area contributed by atoms with Gasteiger partial charge < -0.3 is 9.72 Å². The van der Waals surface area contributed by atoms with E-state index in [9.17, 15) is 9.59 Å². The lowest BCUT2D eigenvalue weighted by Gasteiger charge is -2.11. The van der Waals surface area contributed by atoms with Crippen molar-refractivity contribution in [3.05, 3.63) is 84.2 Å². The Bertz CT molecular complexity index is 1030. The third-order valence-electron chi connectivity index (χ3n) is 4.21. The van der Waals surface area contributed by atoms with Gasteiger partial charge in [-0.1, -0.05) is 48.5 Å². The van der Waals surface area contributed by atoms with Gasteiger partial charge in [-0.25, -0.2) is 4.79 Å². The number of H-pyrrole nitrogens is 1. The van der Waals surface area contributed by atoms with Gasteiger partial charge in [0.25, 0.3) is 0 Å². The summed E-state index contributed by atoms with van der Waals surface area (Å²) in [7, 11) is 0. The predicted molar refractivity (Wildman–Crippen MR) is 96.9 cm³/mol. The second-order valence-electron chi connectivity index (χ2n) is 5.78. The fraction of sp³-hybridized carbons (Fsp3) is 0.0476. The maximum Gasteiger partial charge on any atom is 0.339 e. The Kier molecular flexibility index (Phi) is 3.78. The molecule has 25 heavy (non-hydrogen) atoms. The largest absolute Gasteiger partial charge is 0.454 e. The van der Waals surface area contributed by atoms with Crippen LogP contribution in [0.25, 0.3) is 21.5 Å². The molecule has 4 nitrogen and oxygen atoms in total. The van der Waals surface area contributed by atoms with Gasteiger partial charge in [0.2, 0.25) is 5.78 Å². The van der Waals surface area contributed by atoms with Gasteiger partial charge in [-0.3, -0.25) is 4.79 Å². The standard InChI is InChI=1S/C21H15NO3/c23-19(18-10-5-11-22-18)13-25-21(24)20-16-8-3-1-6-14(16)12-15-7-2-4-9-17(15)20/h1-12,22H,13H2. The molecule has 0 aliphatic carbocycles. The molecular weight excluding hydrogens is 314 g/mol. The Balaban J connectivity index is 1.73. The minimum Gasteiger partial charge on any atom is -0.454 e. The fourth-order valence-corrected chi connectivity index (χ4v) is 3.02. The van der Waals surface area contributed by atoms with Crippen molar-refractivity contribution in [1.82, 2.24) is 4.98 Å². The van der Waals surface area contributed by atoms with E-state index in [4.69, 9.17) is 4.74 Å². The second-order valence-corrected chi connectivity index (χ2v) is 5.78. The molecular formula is C21H15NO3. The van der Waals surface area contributed by atoms with E-state index < -0.39 is 5.97 Å². The van der Waals surface area contributed by atoms with Crippen molar-refractivity contribution in [3.63, 3.8) is 0 Å². The molecule has 0 fully saturated rings. The number of hydrogen-bond donors (Lipinski definition) is 1. The van der Waals surface area contributed by atoms with Crippen LogP contribution in [0, 0.1) is 0 Å². The van der Waals surface area contributed by atoms with Gasteiger partial charge in [0.1, 0.15) is 0 Å². The quantitative estimate of drug-likeness (QED) is 0.344. The first-order valence-electron chi connectivity index (χ1n) is 7.98. The number of ketones is 1. The van der Waals surface area contributed by atoms with Crippen LogP contribution in [0.5, 0.6) is 0 Å². The van der Waals surface area contributed by atoms with Gasteiger partial charge in [0.05, 0.1) is 11.3 Å². The first-order chi connectivity index (χ1) is 12.2. The molecule has 0 spiro atoms. The van der Waals surface area contributed by atoms with Crippen LogP contribution < -0.4 is 0 Å². The normalized spacial score (nSPS) is 10.9. The summed E-state index contributed by atoms with van der Waals surface area (Å²) in [6, 6.07) is 20.8. The number of carbonyl (C=O) groups excluding carboxylic acids is 2. The molecule has 0 aliphatic heterocycles. The highest BCUT2D eigenvalue weighted by Crippen LogP contribution is 2.29. The third-order valence-corrected chi connectivity index (χ3v) is 4.21. The highest BCUT2D eigenvalue weighted by atomic mass is 16.5. The van der Waals surface area contributed by atoms with E-state index in [1.54, 1.807) is 18.3 Å². The van der Waals surface area contributed by atoms with Gasteiger partial charge in [-0.15, -0.1) is 0 Å². The van der Waals surface area contributed by atoms with Crippen molar-refractivity contribution in [2.45, 2.75) is 0 Å². The summed E-state index contributed by atoms with van der Waals surface area (Å²) in [5, 5.41) is 3.56. The van der Waals surface area contributed by atoms with Crippen LogP contribution >= 0.6 is 0 Å². The van der Waals surface area contributed by atoms with E-state index >= 15 is 0 Å². The molecule has 1 aromatic heterocycles. The Morgan fingerprint density at radius 2 is 1.48 bits per heavy atom. The first kappa shape index (κ1) is 15.1. The van der Waals surface area contributed by atoms with Crippen LogP contribution in [0.1, 0.15) is 20.8 Å². The summed E-state index contributed by atoms with van der Waals surface area (Å²) < 4.78 is 5.32. The van der Waals surface area contributed by atoms with E-state index in [0.29, 0.717) is 11.3 Å². The number of hydrogen-bond acceptors (Lipinski definition) is 3. The Morgan fingerprint density at radius 1 is 0.840 bits per heavy atom. The maximum absolute atomic E-state index is 12.8. The number of aromatic amines is 1. The molecule has 0 radical (unpaired) electrons. The zero-order valence-electron chi connectivity index (χ0n) is 13.4. The Hall–Kier alpha value is -3.40. The van der Waals surface area contributed by atoms with Crippen molar-refractivity contribution >= 4 is 33.3 Å². The summed E-state index contributed by atoms with van der Waals surface area (Å²) >= 11 is 0. The van der Waals surface area contributed by atoms with Gasteiger partial charge >= 0.3 is 5.97 Å². The number of ether oxygens (including phenoxy) is 1. The molecule has 4 heteroatoms. The number of benzene rings is 3. The van der Waals surface area contributed by atoms with Crippen LogP contribution in [0.4, 0.5) is 0 Å². The number of aromatic nitrogens is 1. The first-order valence-corrected chi connectivity index (χ1v) is 7.98. The van der Waals surface area contributed by atoms with Gasteiger partial charge in [-0.05, 0) is 39.7 Å². The van der Waals surface area contributed by atoms with Crippen molar-refractivity contribution in [3.8, 4) is 0 Å². The molecule has 1 N–H and O–H groups in total. The monoisotopic (exact) mass is 329 g/mol. The van der Waals surface area contributed by atoms with E-state index in [1.807, 2.05) is 54.6 Å². The van der Waals surface area contributed by atoms with Gasteiger partial charge in [0.15, 0.2) is 6.61 Å². The molecule has 0 saturated carbocycles. The number of carbonyl (C=O) groups is 2. The van der Waals surface area contributed by atoms with E-state index in [0.717, 1.165) is 21.5 Å². The molecule has 0 atom stereocenters. The zero-order valence-corrected chi connectivity index (χ0v) is 13.4. The smallest absolute Gasteiger partial charge is 0.339 e. The zero-order chi connectivity index (χ0) is 17.2. The van der Waals surface area contributed by atoms with Crippen molar-refractivity contribution < 1.29 is 14.3 Å². The van der Waals surface area contributed by atoms with Crippen molar-refractivity contribution in [2.75, 3.05) is 6.61 Å². The van der Waals surface area contributed by atoms with Crippen LogP contribution in [-0.4, -0.2) is 23.3 Å². The summed E-state index contributed by atoms with van der Waals surface area (Å²) in [5.74, 6) is -0.754. The molecule has 0 unspecified atom stereocenters. The van der Waals surface area contributed by atoms with Gasteiger partial charge in [0, 0.05) is 6.20 Å². The summed E-state index contributed by atoms with van der Waals surface area (Å²) in [6.07, 6.45) is 1.66. The van der Waals surface area contributed by atoms with Crippen LogP contribution in [-0.2, 0) is 4.74 Å². The number of nitrogens with one attached hydrogen (secondary N) is 1. The Morgan fingerprint density at radius 3 is 2.08 bits per heavy atom. The minimum absolute atomic E-state index is 0.261. The van der Waals surface area contributed by atoms with E-state index in [2.05, 4.69) is 4.98 Å². The van der Waals surface area contributed by atoms with Gasteiger partial charge in [-0.2, -0.15) is 0 Å². The molecule has 4 aromatic rings. The molecule has 0 bridgehead atoms. The minimum atomic E-state index is -0.493. The lowest BCUT2D eigenvalue weighted by molar-refractivity contribution is 0.0477. The Labute approximate surface area is 144 Å². The molecule has 0 aliphatic rings.